The quantitative estimate of drug-likeness (QED) is 0.299. The highest BCUT2D eigenvalue weighted by Gasteiger charge is 2.18. The van der Waals surface area contributed by atoms with Gasteiger partial charge in [0.25, 0.3) is 0 Å². The molecule has 0 saturated carbocycles. The summed E-state index contributed by atoms with van der Waals surface area (Å²) in [5.41, 5.74) is 1.89. The molecule has 26 heavy (non-hydrogen) atoms. The van der Waals surface area contributed by atoms with Gasteiger partial charge in [-0.15, -0.1) is 0 Å². The first-order chi connectivity index (χ1) is 12.6. The fourth-order valence-corrected chi connectivity index (χ4v) is 4.19. The Bertz CT molecular complexity index is 1250. The third kappa shape index (κ3) is 2.05. The van der Waals surface area contributed by atoms with Crippen LogP contribution < -0.4 is 0 Å². The summed E-state index contributed by atoms with van der Waals surface area (Å²) < 4.78 is 0. The van der Waals surface area contributed by atoms with E-state index in [0.29, 0.717) is 0 Å². The molecule has 0 heterocycles. The molecule has 0 aromatic heterocycles. The predicted octanol–water partition coefficient (Wildman–Crippen LogP) is 6.15. The Kier molecular flexibility index (Phi) is 3.10. The van der Waals surface area contributed by atoms with E-state index in [0.717, 1.165) is 11.1 Å². The lowest BCUT2D eigenvalue weighted by Gasteiger charge is -2.19. The van der Waals surface area contributed by atoms with Crippen molar-refractivity contribution in [3.63, 3.8) is 0 Å². The summed E-state index contributed by atoms with van der Waals surface area (Å²) in [7, 11) is 0. The second kappa shape index (κ2) is 5.37. The molecule has 0 saturated heterocycles. The molecular formula is C24H18O2. The number of hydrogen-bond donors (Lipinski definition) is 2. The second-order valence-corrected chi connectivity index (χ2v) is 6.98. The number of phenols is 2. The maximum atomic E-state index is 10.3. The van der Waals surface area contributed by atoms with Crippen LogP contribution in [0.2, 0.25) is 0 Å². The minimum atomic E-state index is -0.0355. The van der Waals surface area contributed by atoms with Gasteiger partial charge in [-0.2, -0.15) is 0 Å². The van der Waals surface area contributed by atoms with Gasteiger partial charge < -0.3 is 10.2 Å². The third-order valence-corrected chi connectivity index (χ3v) is 5.51. The van der Waals surface area contributed by atoms with E-state index in [-0.39, 0.29) is 17.4 Å². The lowest BCUT2D eigenvalue weighted by atomic mass is 9.85. The largest absolute Gasteiger partial charge is 0.508 e. The number of hydrogen-bond acceptors (Lipinski definition) is 2. The van der Waals surface area contributed by atoms with Gasteiger partial charge in [0.2, 0.25) is 0 Å². The van der Waals surface area contributed by atoms with E-state index in [1.54, 1.807) is 12.1 Å². The molecule has 2 nitrogen and oxygen atoms in total. The van der Waals surface area contributed by atoms with Gasteiger partial charge in [-0.3, -0.25) is 0 Å². The molecule has 0 amide bonds. The highest BCUT2D eigenvalue weighted by Crippen LogP contribution is 2.41. The normalized spacial score (nSPS) is 13.0. The van der Waals surface area contributed by atoms with Crippen molar-refractivity contribution in [2.45, 2.75) is 12.8 Å². The van der Waals surface area contributed by atoms with E-state index < -0.39 is 0 Å². The highest BCUT2D eigenvalue weighted by atomic mass is 16.3. The zero-order chi connectivity index (χ0) is 17.8. The Morgan fingerprint density at radius 3 is 2.08 bits per heavy atom. The van der Waals surface area contributed by atoms with E-state index in [9.17, 15) is 10.2 Å². The van der Waals surface area contributed by atoms with Gasteiger partial charge in [0.15, 0.2) is 0 Å². The summed E-state index contributed by atoms with van der Waals surface area (Å²) >= 11 is 0. The minimum absolute atomic E-state index is 0.0355. The highest BCUT2D eigenvalue weighted by molar-refractivity contribution is 6.23. The zero-order valence-corrected chi connectivity index (χ0v) is 14.4. The van der Waals surface area contributed by atoms with Gasteiger partial charge in [-0.25, -0.2) is 0 Å². The molecule has 5 aromatic carbocycles. The zero-order valence-electron chi connectivity index (χ0n) is 14.4. The maximum absolute atomic E-state index is 10.3. The molecule has 0 radical (unpaired) electrons. The van der Waals surface area contributed by atoms with Crippen LogP contribution in [0.15, 0.2) is 72.8 Å². The molecule has 2 N–H and O–H groups in total. The number of rotatable bonds is 2. The lowest BCUT2D eigenvalue weighted by molar-refractivity contribution is 0.452. The van der Waals surface area contributed by atoms with Crippen molar-refractivity contribution in [3.8, 4) is 11.5 Å². The SMILES string of the molecule is CC(c1cc(O)ccc1O)c1ccc2ccc3cccc4ccc1c2c34. The Hall–Kier alpha value is -3.26. The van der Waals surface area contributed by atoms with Crippen molar-refractivity contribution in [1.82, 2.24) is 0 Å². The van der Waals surface area contributed by atoms with Crippen molar-refractivity contribution in [2.24, 2.45) is 0 Å². The van der Waals surface area contributed by atoms with E-state index in [1.165, 1.54) is 38.4 Å². The molecule has 1 atom stereocenters. The van der Waals surface area contributed by atoms with Gasteiger partial charge in [-0.05, 0) is 56.1 Å². The van der Waals surface area contributed by atoms with Crippen LogP contribution in [0.5, 0.6) is 11.5 Å². The first kappa shape index (κ1) is 15.0. The van der Waals surface area contributed by atoms with Gasteiger partial charge in [0.1, 0.15) is 11.5 Å². The molecule has 0 fully saturated rings. The second-order valence-electron chi connectivity index (χ2n) is 6.98. The van der Waals surface area contributed by atoms with Crippen LogP contribution >= 0.6 is 0 Å². The van der Waals surface area contributed by atoms with E-state index in [2.05, 4.69) is 61.5 Å². The molecular weight excluding hydrogens is 320 g/mol. The van der Waals surface area contributed by atoms with Gasteiger partial charge in [0, 0.05) is 11.5 Å². The van der Waals surface area contributed by atoms with Crippen LogP contribution in [-0.2, 0) is 0 Å². The minimum Gasteiger partial charge on any atom is -0.508 e. The molecule has 0 spiro atoms. The molecule has 0 aliphatic carbocycles. The Labute approximate surface area is 151 Å². The molecule has 0 bridgehead atoms. The molecule has 0 aliphatic rings. The molecule has 2 heteroatoms. The topological polar surface area (TPSA) is 40.5 Å². The first-order valence-electron chi connectivity index (χ1n) is 8.82. The summed E-state index contributed by atoms with van der Waals surface area (Å²) in [6.45, 7) is 2.07. The Balaban J connectivity index is 1.85. The maximum Gasteiger partial charge on any atom is 0.119 e. The van der Waals surface area contributed by atoms with Crippen LogP contribution in [0.25, 0.3) is 32.3 Å². The van der Waals surface area contributed by atoms with E-state index >= 15 is 0 Å². The van der Waals surface area contributed by atoms with Crippen molar-refractivity contribution in [1.29, 1.82) is 0 Å². The van der Waals surface area contributed by atoms with Crippen molar-refractivity contribution in [3.05, 3.63) is 83.9 Å². The van der Waals surface area contributed by atoms with Crippen molar-refractivity contribution in [2.75, 3.05) is 0 Å². The average Bonchev–Trinajstić information content (AvgIpc) is 2.67. The standard InChI is InChI=1S/C24H18O2/c1-14(21-13-18(25)9-12-22(21)26)19-10-7-17-6-5-15-3-2-4-16-8-11-20(19)24(17)23(15)16/h2-14,25-26H,1H3. The average molecular weight is 338 g/mol. The van der Waals surface area contributed by atoms with Crippen molar-refractivity contribution >= 4 is 32.3 Å². The van der Waals surface area contributed by atoms with Crippen LogP contribution in [0, 0.1) is 0 Å². The Morgan fingerprint density at radius 2 is 1.31 bits per heavy atom. The van der Waals surface area contributed by atoms with Crippen LogP contribution in [0.3, 0.4) is 0 Å². The van der Waals surface area contributed by atoms with Crippen molar-refractivity contribution < 1.29 is 10.2 Å². The molecule has 126 valence electrons. The predicted molar refractivity (Wildman–Crippen MR) is 107 cm³/mol. The summed E-state index contributed by atoms with van der Waals surface area (Å²) in [5.74, 6) is 0.343. The summed E-state index contributed by atoms with van der Waals surface area (Å²) in [4.78, 5) is 0. The lowest BCUT2D eigenvalue weighted by Crippen LogP contribution is -1.98. The van der Waals surface area contributed by atoms with E-state index in [4.69, 9.17) is 0 Å². The van der Waals surface area contributed by atoms with Crippen LogP contribution in [-0.4, -0.2) is 10.2 Å². The smallest absolute Gasteiger partial charge is 0.119 e. The van der Waals surface area contributed by atoms with Crippen LogP contribution in [0.1, 0.15) is 24.0 Å². The summed E-state index contributed by atoms with van der Waals surface area (Å²) in [6, 6.07) is 24.1. The fourth-order valence-electron chi connectivity index (χ4n) is 4.19. The van der Waals surface area contributed by atoms with Crippen LogP contribution in [0.4, 0.5) is 0 Å². The number of phenolic OH excluding ortho intramolecular Hbond substituents is 2. The van der Waals surface area contributed by atoms with Gasteiger partial charge in [-0.1, -0.05) is 61.5 Å². The monoisotopic (exact) mass is 338 g/mol. The van der Waals surface area contributed by atoms with Gasteiger partial charge in [0.05, 0.1) is 0 Å². The molecule has 5 rings (SSSR count). The number of aromatic hydroxyl groups is 2. The summed E-state index contributed by atoms with van der Waals surface area (Å²) in [5, 5.41) is 27.6. The first-order valence-corrected chi connectivity index (χ1v) is 8.82. The molecule has 0 aliphatic heterocycles. The van der Waals surface area contributed by atoms with E-state index in [1.807, 2.05) is 0 Å². The third-order valence-electron chi connectivity index (χ3n) is 5.51. The molecule has 1 unspecified atom stereocenters. The molecule has 5 aromatic rings. The Morgan fingerprint density at radius 1 is 0.654 bits per heavy atom. The number of benzene rings is 5. The van der Waals surface area contributed by atoms with Gasteiger partial charge >= 0.3 is 0 Å². The fraction of sp³-hybridized carbons (Fsp3) is 0.0833. The summed E-state index contributed by atoms with van der Waals surface area (Å²) in [6.07, 6.45) is 0.